The molecule has 0 spiro atoms. The van der Waals surface area contributed by atoms with Gasteiger partial charge in [-0.25, -0.2) is 0 Å². The highest BCUT2D eigenvalue weighted by atomic mass is 16.5. The van der Waals surface area contributed by atoms with E-state index >= 15 is 0 Å². The van der Waals surface area contributed by atoms with Crippen molar-refractivity contribution in [3.8, 4) is 5.75 Å². The van der Waals surface area contributed by atoms with Crippen molar-refractivity contribution in [2.75, 3.05) is 0 Å². The molecule has 1 atom stereocenters. The number of furan rings is 1. The van der Waals surface area contributed by atoms with Crippen molar-refractivity contribution in [2.24, 2.45) is 0 Å². The van der Waals surface area contributed by atoms with Gasteiger partial charge in [0.15, 0.2) is 5.76 Å². The van der Waals surface area contributed by atoms with Gasteiger partial charge >= 0.3 is 0 Å². The molecule has 22 heavy (non-hydrogen) atoms. The van der Waals surface area contributed by atoms with Gasteiger partial charge in [-0.1, -0.05) is 26.0 Å². The lowest BCUT2D eigenvalue weighted by molar-refractivity contribution is 0.0907. The highest BCUT2D eigenvalue weighted by molar-refractivity contribution is 5.91. The van der Waals surface area contributed by atoms with E-state index in [0.29, 0.717) is 18.1 Å². The number of nitrogens with one attached hydrogen (secondary N) is 1. The molecule has 1 heterocycles. The number of aryl methyl sites for hydroxylation is 1. The maximum absolute atomic E-state index is 11.9. The molecule has 0 saturated heterocycles. The zero-order valence-corrected chi connectivity index (χ0v) is 13.4. The van der Waals surface area contributed by atoms with Crippen molar-refractivity contribution in [2.45, 2.75) is 46.3 Å². The zero-order chi connectivity index (χ0) is 15.9. The van der Waals surface area contributed by atoms with Crippen LogP contribution in [0.5, 0.6) is 5.75 Å². The standard InChI is InChI=1S/C18H23NO3/c1-4-13(3)19-18(20)17-11-10-16(22-17)12-21-15-8-6-14(5-2)7-9-15/h6-11,13H,4-5,12H2,1-3H3,(H,19,20). The average molecular weight is 301 g/mol. The summed E-state index contributed by atoms with van der Waals surface area (Å²) in [4.78, 5) is 11.9. The average Bonchev–Trinajstić information content (AvgIpc) is 3.02. The van der Waals surface area contributed by atoms with Crippen LogP contribution in [0.2, 0.25) is 0 Å². The molecule has 0 aliphatic carbocycles. The highest BCUT2D eigenvalue weighted by Gasteiger charge is 2.13. The van der Waals surface area contributed by atoms with E-state index in [1.165, 1.54) is 5.56 Å². The van der Waals surface area contributed by atoms with Crippen molar-refractivity contribution >= 4 is 5.91 Å². The second-order valence-corrected chi connectivity index (χ2v) is 5.33. The molecule has 4 heteroatoms. The van der Waals surface area contributed by atoms with E-state index in [2.05, 4.69) is 12.2 Å². The number of rotatable bonds is 7. The van der Waals surface area contributed by atoms with Crippen LogP contribution in [0.15, 0.2) is 40.8 Å². The minimum atomic E-state index is -0.187. The predicted octanol–water partition coefficient (Wildman–Crippen LogP) is 3.95. The number of ether oxygens (including phenoxy) is 1. The maximum atomic E-state index is 11.9. The first kappa shape index (κ1) is 16.1. The van der Waals surface area contributed by atoms with E-state index in [1.807, 2.05) is 38.1 Å². The smallest absolute Gasteiger partial charge is 0.287 e. The summed E-state index contributed by atoms with van der Waals surface area (Å²) in [5.41, 5.74) is 1.27. The molecular formula is C18H23NO3. The fourth-order valence-corrected chi connectivity index (χ4v) is 1.95. The minimum Gasteiger partial charge on any atom is -0.486 e. The molecule has 0 bridgehead atoms. The molecule has 0 radical (unpaired) electrons. The first-order chi connectivity index (χ1) is 10.6. The lowest BCUT2D eigenvalue weighted by Gasteiger charge is -2.09. The Balaban J connectivity index is 1.90. The van der Waals surface area contributed by atoms with Gasteiger partial charge in [0.05, 0.1) is 0 Å². The molecule has 0 fully saturated rings. The third kappa shape index (κ3) is 4.38. The summed E-state index contributed by atoms with van der Waals surface area (Å²) in [6, 6.07) is 11.6. The lowest BCUT2D eigenvalue weighted by atomic mass is 10.2. The van der Waals surface area contributed by atoms with E-state index in [0.717, 1.165) is 18.6 Å². The molecule has 0 aliphatic heterocycles. The Hall–Kier alpha value is -2.23. The molecule has 118 valence electrons. The van der Waals surface area contributed by atoms with Gasteiger partial charge in [-0.05, 0) is 49.6 Å². The van der Waals surface area contributed by atoms with E-state index in [4.69, 9.17) is 9.15 Å². The number of hydrogen-bond acceptors (Lipinski definition) is 3. The lowest BCUT2D eigenvalue weighted by Crippen LogP contribution is -2.31. The fourth-order valence-electron chi connectivity index (χ4n) is 1.95. The Bertz CT molecular complexity index is 601. The Kier molecular flexibility index (Phi) is 5.64. The number of hydrogen-bond donors (Lipinski definition) is 1. The predicted molar refractivity (Wildman–Crippen MR) is 86.1 cm³/mol. The van der Waals surface area contributed by atoms with Gasteiger partial charge in [-0.3, -0.25) is 4.79 Å². The van der Waals surface area contributed by atoms with Crippen LogP contribution in [-0.4, -0.2) is 11.9 Å². The van der Waals surface area contributed by atoms with Crippen molar-refractivity contribution in [1.29, 1.82) is 0 Å². The minimum absolute atomic E-state index is 0.134. The molecule has 2 aromatic rings. The van der Waals surface area contributed by atoms with Gasteiger partial charge in [0.2, 0.25) is 0 Å². The summed E-state index contributed by atoms with van der Waals surface area (Å²) in [5.74, 6) is 1.56. The van der Waals surface area contributed by atoms with Gasteiger partial charge in [-0.2, -0.15) is 0 Å². The molecule has 1 unspecified atom stereocenters. The molecule has 1 aromatic heterocycles. The third-order valence-corrected chi connectivity index (χ3v) is 3.59. The van der Waals surface area contributed by atoms with Gasteiger partial charge in [0.1, 0.15) is 18.1 Å². The second-order valence-electron chi connectivity index (χ2n) is 5.33. The van der Waals surface area contributed by atoms with Gasteiger partial charge in [0.25, 0.3) is 5.91 Å². The fraction of sp³-hybridized carbons (Fsp3) is 0.389. The summed E-state index contributed by atoms with van der Waals surface area (Å²) < 4.78 is 11.2. The summed E-state index contributed by atoms with van der Waals surface area (Å²) in [6.45, 7) is 6.41. The first-order valence-electron chi connectivity index (χ1n) is 7.73. The van der Waals surface area contributed by atoms with Crippen LogP contribution in [0.25, 0.3) is 0 Å². The van der Waals surface area contributed by atoms with Crippen LogP contribution in [0.4, 0.5) is 0 Å². The molecule has 0 saturated carbocycles. The number of carbonyl (C=O) groups excluding carboxylic acids is 1. The second kappa shape index (κ2) is 7.69. The maximum Gasteiger partial charge on any atom is 0.287 e. The van der Waals surface area contributed by atoms with E-state index < -0.39 is 0 Å². The topological polar surface area (TPSA) is 51.5 Å². The van der Waals surface area contributed by atoms with Crippen molar-refractivity contribution in [3.63, 3.8) is 0 Å². The monoisotopic (exact) mass is 301 g/mol. The SMILES string of the molecule is CCc1ccc(OCc2ccc(C(=O)NC(C)CC)o2)cc1. The summed E-state index contributed by atoms with van der Waals surface area (Å²) in [5, 5.41) is 2.87. The van der Waals surface area contributed by atoms with Crippen LogP contribution in [0, 0.1) is 0 Å². The van der Waals surface area contributed by atoms with Crippen LogP contribution < -0.4 is 10.1 Å². The van der Waals surface area contributed by atoms with Crippen molar-refractivity contribution in [1.82, 2.24) is 5.32 Å². The summed E-state index contributed by atoms with van der Waals surface area (Å²) in [7, 11) is 0. The Morgan fingerprint density at radius 2 is 1.91 bits per heavy atom. The third-order valence-electron chi connectivity index (χ3n) is 3.59. The van der Waals surface area contributed by atoms with E-state index in [9.17, 15) is 4.79 Å². The van der Waals surface area contributed by atoms with Gasteiger partial charge < -0.3 is 14.5 Å². The van der Waals surface area contributed by atoms with Crippen LogP contribution in [0.3, 0.4) is 0 Å². The van der Waals surface area contributed by atoms with E-state index in [-0.39, 0.29) is 11.9 Å². The molecule has 1 aromatic carbocycles. The Morgan fingerprint density at radius 3 is 2.55 bits per heavy atom. The van der Waals surface area contributed by atoms with Crippen LogP contribution >= 0.6 is 0 Å². The number of carbonyl (C=O) groups is 1. The Morgan fingerprint density at radius 1 is 1.18 bits per heavy atom. The number of amides is 1. The van der Waals surface area contributed by atoms with Crippen molar-refractivity contribution < 1.29 is 13.9 Å². The molecule has 0 aliphatic rings. The normalized spacial score (nSPS) is 12.0. The number of benzene rings is 1. The van der Waals surface area contributed by atoms with Crippen LogP contribution in [-0.2, 0) is 13.0 Å². The Labute approximate surface area is 131 Å². The molecular weight excluding hydrogens is 278 g/mol. The van der Waals surface area contributed by atoms with Gasteiger partial charge in [0, 0.05) is 6.04 Å². The summed E-state index contributed by atoms with van der Waals surface area (Å²) >= 11 is 0. The van der Waals surface area contributed by atoms with E-state index in [1.54, 1.807) is 12.1 Å². The molecule has 4 nitrogen and oxygen atoms in total. The van der Waals surface area contributed by atoms with Crippen LogP contribution in [0.1, 0.15) is 49.1 Å². The highest BCUT2D eigenvalue weighted by Crippen LogP contribution is 2.16. The first-order valence-corrected chi connectivity index (χ1v) is 7.73. The summed E-state index contributed by atoms with van der Waals surface area (Å²) in [6.07, 6.45) is 1.89. The van der Waals surface area contributed by atoms with Gasteiger partial charge in [-0.15, -0.1) is 0 Å². The largest absolute Gasteiger partial charge is 0.486 e. The van der Waals surface area contributed by atoms with Crippen molar-refractivity contribution in [3.05, 3.63) is 53.5 Å². The molecule has 1 N–H and O–H groups in total. The molecule has 2 rings (SSSR count). The zero-order valence-electron chi connectivity index (χ0n) is 13.4. The molecule has 1 amide bonds. The quantitative estimate of drug-likeness (QED) is 0.842.